The molecule has 0 saturated carbocycles. The standard InChI is InChI=1S/C10H11BrO3/c1-12-7-4-3-6(8-5-14-8)9(11)10(7)13-2/h3-4,8H,5H2,1-2H3/t8-/m0/s1. The van der Waals surface area contributed by atoms with Gasteiger partial charge in [-0.15, -0.1) is 0 Å². The van der Waals surface area contributed by atoms with Gasteiger partial charge in [0.25, 0.3) is 0 Å². The van der Waals surface area contributed by atoms with E-state index in [1.165, 1.54) is 0 Å². The van der Waals surface area contributed by atoms with Gasteiger partial charge in [-0.25, -0.2) is 0 Å². The van der Waals surface area contributed by atoms with Crippen LogP contribution in [0, 0.1) is 0 Å². The van der Waals surface area contributed by atoms with Crippen molar-refractivity contribution in [3.63, 3.8) is 0 Å². The molecule has 0 spiro atoms. The zero-order chi connectivity index (χ0) is 10.1. The van der Waals surface area contributed by atoms with E-state index in [9.17, 15) is 0 Å². The lowest BCUT2D eigenvalue weighted by molar-refractivity contribution is 0.351. The van der Waals surface area contributed by atoms with E-state index < -0.39 is 0 Å². The first kappa shape index (κ1) is 9.80. The molecule has 1 atom stereocenters. The van der Waals surface area contributed by atoms with Gasteiger partial charge in [-0.2, -0.15) is 0 Å². The lowest BCUT2D eigenvalue weighted by atomic mass is 10.1. The average molecular weight is 259 g/mol. The Kier molecular flexibility index (Phi) is 2.65. The molecule has 1 aliphatic rings. The number of ether oxygens (including phenoxy) is 3. The zero-order valence-corrected chi connectivity index (χ0v) is 9.63. The number of methoxy groups -OCH3 is 2. The summed E-state index contributed by atoms with van der Waals surface area (Å²) in [4.78, 5) is 0. The summed E-state index contributed by atoms with van der Waals surface area (Å²) < 4.78 is 16.6. The van der Waals surface area contributed by atoms with Crippen molar-refractivity contribution in [1.82, 2.24) is 0 Å². The Bertz CT molecular complexity index is 347. The quantitative estimate of drug-likeness (QED) is 0.781. The minimum Gasteiger partial charge on any atom is -0.493 e. The number of rotatable bonds is 3. The summed E-state index contributed by atoms with van der Waals surface area (Å²) in [7, 11) is 3.25. The van der Waals surface area contributed by atoms with Gasteiger partial charge in [0.05, 0.1) is 25.3 Å². The maximum Gasteiger partial charge on any atom is 0.175 e. The fraction of sp³-hybridized carbons (Fsp3) is 0.400. The number of epoxide rings is 1. The number of halogens is 1. The summed E-state index contributed by atoms with van der Waals surface area (Å²) >= 11 is 3.49. The second-order valence-electron chi connectivity index (χ2n) is 3.03. The molecule has 1 heterocycles. The van der Waals surface area contributed by atoms with Crippen LogP contribution in [0.15, 0.2) is 16.6 Å². The van der Waals surface area contributed by atoms with Crippen molar-refractivity contribution in [3.05, 3.63) is 22.2 Å². The number of hydrogen-bond donors (Lipinski definition) is 0. The summed E-state index contributed by atoms with van der Waals surface area (Å²) in [6, 6.07) is 3.88. The minimum absolute atomic E-state index is 0.212. The van der Waals surface area contributed by atoms with Crippen LogP contribution in [-0.2, 0) is 4.74 Å². The van der Waals surface area contributed by atoms with Crippen molar-refractivity contribution < 1.29 is 14.2 Å². The molecular formula is C10H11BrO3. The fourth-order valence-corrected chi connectivity index (χ4v) is 2.13. The van der Waals surface area contributed by atoms with Crippen LogP contribution in [0.2, 0.25) is 0 Å². The molecule has 3 nitrogen and oxygen atoms in total. The normalized spacial score (nSPS) is 19.2. The molecule has 0 aromatic heterocycles. The smallest absolute Gasteiger partial charge is 0.175 e. The molecule has 0 N–H and O–H groups in total. The van der Waals surface area contributed by atoms with Crippen molar-refractivity contribution in [3.8, 4) is 11.5 Å². The fourth-order valence-electron chi connectivity index (χ4n) is 1.38. The number of benzene rings is 1. The van der Waals surface area contributed by atoms with Crippen molar-refractivity contribution in [2.24, 2.45) is 0 Å². The monoisotopic (exact) mass is 258 g/mol. The highest BCUT2D eigenvalue weighted by Gasteiger charge is 2.29. The third-order valence-corrected chi connectivity index (χ3v) is 3.01. The van der Waals surface area contributed by atoms with Crippen LogP contribution in [0.1, 0.15) is 11.7 Å². The summed E-state index contributed by atoms with van der Waals surface area (Å²) in [5, 5.41) is 0. The zero-order valence-electron chi connectivity index (χ0n) is 8.04. The van der Waals surface area contributed by atoms with E-state index in [0.717, 1.165) is 28.1 Å². The van der Waals surface area contributed by atoms with Gasteiger partial charge >= 0.3 is 0 Å². The maximum atomic E-state index is 5.26. The average Bonchev–Trinajstić information content (AvgIpc) is 3.00. The van der Waals surface area contributed by atoms with Crippen LogP contribution in [-0.4, -0.2) is 20.8 Å². The van der Waals surface area contributed by atoms with Gasteiger partial charge in [-0.3, -0.25) is 0 Å². The van der Waals surface area contributed by atoms with Gasteiger partial charge in [0, 0.05) is 5.56 Å². The summed E-state index contributed by atoms with van der Waals surface area (Å²) in [5.74, 6) is 1.45. The van der Waals surface area contributed by atoms with Crippen molar-refractivity contribution >= 4 is 15.9 Å². The molecular weight excluding hydrogens is 248 g/mol. The van der Waals surface area contributed by atoms with Crippen LogP contribution < -0.4 is 9.47 Å². The van der Waals surface area contributed by atoms with Crippen molar-refractivity contribution in [1.29, 1.82) is 0 Å². The molecule has 1 aliphatic heterocycles. The Morgan fingerprint density at radius 2 is 2.07 bits per heavy atom. The molecule has 0 amide bonds. The Hall–Kier alpha value is -0.740. The Morgan fingerprint density at radius 1 is 1.36 bits per heavy atom. The third-order valence-electron chi connectivity index (χ3n) is 2.20. The van der Waals surface area contributed by atoms with Crippen LogP contribution in [0.5, 0.6) is 11.5 Å². The predicted octanol–water partition coefficient (Wildman–Crippen LogP) is 2.54. The topological polar surface area (TPSA) is 31.0 Å². The molecule has 0 unspecified atom stereocenters. The van der Waals surface area contributed by atoms with Crippen LogP contribution in [0.3, 0.4) is 0 Å². The summed E-state index contributed by atoms with van der Waals surface area (Å²) in [6.45, 7) is 0.786. The first-order chi connectivity index (χ1) is 6.77. The van der Waals surface area contributed by atoms with Gasteiger partial charge in [0.2, 0.25) is 0 Å². The second kappa shape index (κ2) is 3.79. The highest BCUT2D eigenvalue weighted by molar-refractivity contribution is 9.10. The van der Waals surface area contributed by atoms with E-state index in [0.29, 0.717) is 0 Å². The molecule has 1 fully saturated rings. The van der Waals surface area contributed by atoms with Gasteiger partial charge in [-0.05, 0) is 22.0 Å². The highest BCUT2D eigenvalue weighted by Crippen LogP contribution is 2.43. The lowest BCUT2D eigenvalue weighted by Gasteiger charge is -2.11. The Morgan fingerprint density at radius 3 is 2.57 bits per heavy atom. The largest absolute Gasteiger partial charge is 0.493 e. The highest BCUT2D eigenvalue weighted by atomic mass is 79.9. The molecule has 14 heavy (non-hydrogen) atoms. The molecule has 1 aromatic rings. The van der Waals surface area contributed by atoms with Crippen LogP contribution in [0.25, 0.3) is 0 Å². The molecule has 0 bridgehead atoms. The molecule has 2 rings (SSSR count). The maximum absolute atomic E-state index is 5.26. The van der Waals surface area contributed by atoms with Gasteiger partial charge in [0.15, 0.2) is 11.5 Å². The van der Waals surface area contributed by atoms with Crippen molar-refractivity contribution in [2.45, 2.75) is 6.10 Å². The summed E-state index contributed by atoms with van der Waals surface area (Å²) in [5.41, 5.74) is 1.11. The Labute approximate surface area is 91.1 Å². The second-order valence-corrected chi connectivity index (χ2v) is 3.82. The summed E-state index contributed by atoms with van der Waals surface area (Å²) in [6.07, 6.45) is 0.212. The third kappa shape index (κ3) is 1.60. The molecule has 1 aromatic carbocycles. The molecule has 0 radical (unpaired) electrons. The minimum atomic E-state index is 0.212. The first-order valence-electron chi connectivity index (χ1n) is 4.30. The molecule has 4 heteroatoms. The van der Waals surface area contributed by atoms with E-state index in [2.05, 4.69) is 15.9 Å². The van der Waals surface area contributed by atoms with E-state index in [1.54, 1.807) is 14.2 Å². The van der Waals surface area contributed by atoms with Gasteiger partial charge in [0.1, 0.15) is 6.10 Å². The van der Waals surface area contributed by atoms with Crippen LogP contribution >= 0.6 is 15.9 Å². The SMILES string of the molecule is COc1ccc([C@@H]2CO2)c(Br)c1OC. The Balaban J connectivity index is 2.45. The number of hydrogen-bond acceptors (Lipinski definition) is 3. The lowest BCUT2D eigenvalue weighted by Crippen LogP contribution is -1.94. The first-order valence-corrected chi connectivity index (χ1v) is 5.09. The van der Waals surface area contributed by atoms with Crippen molar-refractivity contribution in [2.75, 3.05) is 20.8 Å². The molecule has 1 saturated heterocycles. The van der Waals surface area contributed by atoms with Gasteiger partial charge < -0.3 is 14.2 Å². The predicted molar refractivity (Wildman–Crippen MR) is 55.9 cm³/mol. The molecule has 76 valence electrons. The molecule has 0 aliphatic carbocycles. The van der Waals surface area contributed by atoms with E-state index in [-0.39, 0.29) is 6.10 Å². The van der Waals surface area contributed by atoms with Gasteiger partial charge in [-0.1, -0.05) is 6.07 Å². The van der Waals surface area contributed by atoms with E-state index in [1.807, 2.05) is 12.1 Å². The van der Waals surface area contributed by atoms with E-state index >= 15 is 0 Å². The van der Waals surface area contributed by atoms with E-state index in [4.69, 9.17) is 14.2 Å². The van der Waals surface area contributed by atoms with Crippen LogP contribution in [0.4, 0.5) is 0 Å².